The van der Waals surface area contributed by atoms with Gasteiger partial charge in [-0.1, -0.05) is 12.5 Å². The molecule has 0 radical (unpaired) electrons. The molecule has 0 bridgehead atoms. The number of rotatable bonds is 4. The molecule has 1 saturated carbocycles. The maximum Gasteiger partial charge on any atom is 0.285 e. The molecule has 0 aromatic carbocycles. The van der Waals surface area contributed by atoms with Gasteiger partial charge in [-0.25, -0.2) is 4.98 Å². The summed E-state index contributed by atoms with van der Waals surface area (Å²) in [6.07, 6.45) is 8.16. The van der Waals surface area contributed by atoms with Gasteiger partial charge in [-0.05, 0) is 44.2 Å². The molecule has 1 amide bonds. The SMILES string of the molecule is NC(=O)c1nc([C@@H]2CCC[C@@H]2OC2CCCCO2)c2ccccn12. The Morgan fingerprint density at radius 2 is 2.17 bits per heavy atom. The third-order valence-electron chi connectivity index (χ3n) is 5.07. The lowest BCUT2D eigenvalue weighted by Crippen LogP contribution is -2.29. The first-order valence-electron chi connectivity index (χ1n) is 8.78. The van der Waals surface area contributed by atoms with Crippen molar-refractivity contribution in [1.82, 2.24) is 9.38 Å². The minimum absolute atomic E-state index is 0.0905. The summed E-state index contributed by atoms with van der Waals surface area (Å²) in [5.41, 5.74) is 7.36. The van der Waals surface area contributed by atoms with Gasteiger partial charge in [-0.15, -0.1) is 0 Å². The first-order valence-corrected chi connectivity index (χ1v) is 8.78. The number of hydrogen-bond donors (Lipinski definition) is 1. The van der Waals surface area contributed by atoms with Gasteiger partial charge in [0.2, 0.25) is 5.82 Å². The van der Waals surface area contributed by atoms with Gasteiger partial charge in [0, 0.05) is 18.7 Å². The number of aromatic nitrogens is 2. The van der Waals surface area contributed by atoms with Crippen LogP contribution in [0.4, 0.5) is 0 Å². The van der Waals surface area contributed by atoms with Crippen molar-refractivity contribution in [1.29, 1.82) is 0 Å². The Labute approximate surface area is 141 Å². The molecule has 2 fully saturated rings. The number of amides is 1. The van der Waals surface area contributed by atoms with Crippen molar-refractivity contribution in [2.45, 2.75) is 56.8 Å². The van der Waals surface area contributed by atoms with Crippen LogP contribution in [0.2, 0.25) is 0 Å². The number of primary amides is 1. The van der Waals surface area contributed by atoms with E-state index in [1.807, 2.05) is 24.4 Å². The molecule has 2 N–H and O–H groups in total. The fraction of sp³-hybridized carbons (Fsp3) is 0.556. The topological polar surface area (TPSA) is 78.9 Å². The maximum atomic E-state index is 11.7. The van der Waals surface area contributed by atoms with Gasteiger partial charge >= 0.3 is 0 Å². The summed E-state index contributed by atoms with van der Waals surface area (Å²) >= 11 is 0. The zero-order chi connectivity index (χ0) is 16.5. The molecule has 1 aliphatic carbocycles. The Hall–Kier alpha value is -1.92. The molecular weight excluding hydrogens is 306 g/mol. The second-order valence-corrected chi connectivity index (χ2v) is 6.65. The molecule has 1 aliphatic heterocycles. The van der Waals surface area contributed by atoms with Gasteiger partial charge in [0.25, 0.3) is 5.91 Å². The van der Waals surface area contributed by atoms with Gasteiger partial charge in [0.1, 0.15) is 0 Å². The van der Waals surface area contributed by atoms with E-state index in [2.05, 4.69) is 4.98 Å². The van der Waals surface area contributed by atoms with Crippen molar-refractivity contribution in [2.75, 3.05) is 6.61 Å². The molecule has 128 valence electrons. The van der Waals surface area contributed by atoms with Crippen LogP contribution >= 0.6 is 0 Å². The molecule has 1 saturated heterocycles. The number of nitrogens with zero attached hydrogens (tertiary/aromatic N) is 2. The van der Waals surface area contributed by atoms with Crippen LogP contribution in [-0.2, 0) is 9.47 Å². The Morgan fingerprint density at radius 3 is 2.96 bits per heavy atom. The molecule has 2 aromatic heterocycles. The minimum Gasteiger partial charge on any atom is -0.363 e. The average molecular weight is 329 g/mol. The summed E-state index contributed by atoms with van der Waals surface area (Å²) < 4.78 is 13.8. The number of imidazole rings is 1. The smallest absolute Gasteiger partial charge is 0.285 e. The molecule has 0 spiro atoms. The monoisotopic (exact) mass is 329 g/mol. The second kappa shape index (κ2) is 6.53. The highest BCUT2D eigenvalue weighted by atomic mass is 16.7. The van der Waals surface area contributed by atoms with Crippen molar-refractivity contribution < 1.29 is 14.3 Å². The van der Waals surface area contributed by atoms with Gasteiger partial charge in [0.05, 0.1) is 17.3 Å². The number of ether oxygens (including phenoxy) is 2. The van der Waals surface area contributed by atoms with Crippen LogP contribution < -0.4 is 5.73 Å². The Kier molecular flexibility index (Phi) is 4.24. The van der Waals surface area contributed by atoms with E-state index in [0.29, 0.717) is 5.82 Å². The lowest BCUT2D eigenvalue weighted by molar-refractivity contribution is -0.189. The zero-order valence-corrected chi connectivity index (χ0v) is 13.7. The fourth-order valence-electron chi connectivity index (χ4n) is 3.92. The van der Waals surface area contributed by atoms with Crippen molar-refractivity contribution in [3.8, 4) is 0 Å². The van der Waals surface area contributed by atoms with Crippen molar-refractivity contribution in [3.05, 3.63) is 35.9 Å². The maximum absolute atomic E-state index is 11.7. The first-order chi connectivity index (χ1) is 11.7. The van der Waals surface area contributed by atoms with E-state index in [0.717, 1.165) is 56.3 Å². The fourth-order valence-corrected chi connectivity index (χ4v) is 3.92. The van der Waals surface area contributed by atoms with E-state index in [9.17, 15) is 4.79 Å². The quantitative estimate of drug-likeness (QED) is 0.935. The van der Waals surface area contributed by atoms with Gasteiger partial charge in [-0.2, -0.15) is 0 Å². The Balaban J connectivity index is 1.64. The molecule has 1 unspecified atom stereocenters. The van der Waals surface area contributed by atoms with Gasteiger partial charge in [0.15, 0.2) is 6.29 Å². The number of hydrogen-bond acceptors (Lipinski definition) is 4. The largest absolute Gasteiger partial charge is 0.363 e. The zero-order valence-electron chi connectivity index (χ0n) is 13.7. The summed E-state index contributed by atoms with van der Waals surface area (Å²) in [4.78, 5) is 16.3. The number of carbonyl (C=O) groups excluding carboxylic acids is 1. The van der Waals surface area contributed by atoms with Crippen LogP contribution in [0, 0.1) is 0 Å². The van der Waals surface area contributed by atoms with E-state index in [-0.39, 0.29) is 18.3 Å². The predicted molar refractivity (Wildman–Crippen MR) is 88.8 cm³/mol. The van der Waals surface area contributed by atoms with Crippen LogP contribution in [0.5, 0.6) is 0 Å². The number of pyridine rings is 1. The number of carbonyl (C=O) groups is 1. The predicted octanol–water partition coefficient (Wildman–Crippen LogP) is 2.61. The third-order valence-corrected chi connectivity index (χ3v) is 5.07. The van der Waals surface area contributed by atoms with Crippen LogP contribution in [0.1, 0.15) is 60.8 Å². The van der Waals surface area contributed by atoms with E-state index >= 15 is 0 Å². The summed E-state index contributed by atoms with van der Waals surface area (Å²) in [6, 6.07) is 5.82. The minimum atomic E-state index is -0.506. The normalized spacial score (nSPS) is 27.6. The lowest BCUT2D eigenvalue weighted by atomic mass is 10.0. The van der Waals surface area contributed by atoms with Crippen LogP contribution in [0.15, 0.2) is 24.4 Å². The molecule has 3 atom stereocenters. The summed E-state index contributed by atoms with van der Waals surface area (Å²) in [7, 11) is 0. The summed E-state index contributed by atoms with van der Waals surface area (Å²) in [6.45, 7) is 0.779. The highest BCUT2D eigenvalue weighted by molar-refractivity contribution is 5.90. The van der Waals surface area contributed by atoms with E-state index in [1.54, 1.807) is 4.40 Å². The van der Waals surface area contributed by atoms with Crippen molar-refractivity contribution >= 4 is 11.4 Å². The van der Waals surface area contributed by atoms with Crippen LogP contribution in [0.3, 0.4) is 0 Å². The van der Waals surface area contributed by atoms with Crippen molar-refractivity contribution in [3.63, 3.8) is 0 Å². The highest BCUT2D eigenvalue weighted by Crippen LogP contribution is 2.39. The standard InChI is InChI=1S/C18H23N3O3/c19-17(22)18-20-16(13-7-1-3-10-21(13)18)12-6-5-8-14(12)24-15-9-2-4-11-23-15/h1,3,7,10,12,14-15H,2,4-6,8-9,11H2,(H2,19,22)/t12-,14+,15?/m1/s1. The Morgan fingerprint density at radius 1 is 1.25 bits per heavy atom. The second-order valence-electron chi connectivity index (χ2n) is 6.65. The number of nitrogens with two attached hydrogens (primary N) is 1. The highest BCUT2D eigenvalue weighted by Gasteiger charge is 2.35. The molecule has 6 heteroatoms. The molecule has 2 aromatic rings. The first kappa shape index (κ1) is 15.6. The van der Waals surface area contributed by atoms with Crippen molar-refractivity contribution in [2.24, 2.45) is 5.73 Å². The van der Waals surface area contributed by atoms with E-state index < -0.39 is 5.91 Å². The van der Waals surface area contributed by atoms with E-state index in [1.165, 1.54) is 0 Å². The summed E-state index contributed by atoms with van der Waals surface area (Å²) in [5, 5.41) is 0. The molecule has 24 heavy (non-hydrogen) atoms. The van der Waals surface area contributed by atoms with E-state index in [4.69, 9.17) is 15.2 Å². The summed E-state index contributed by atoms with van der Waals surface area (Å²) in [5.74, 6) is -0.0327. The molecule has 2 aliphatic rings. The van der Waals surface area contributed by atoms with Crippen LogP contribution in [0.25, 0.3) is 5.52 Å². The molecule has 4 rings (SSSR count). The third kappa shape index (κ3) is 2.80. The lowest BCUT2D eigenvalue weighted by Gasteiger charge is -2.28. The van der Waals surface area contributed by atoms with Gasteiger partial charge in [-0.3, -0.25) is 9.20 Å². The molecular formula is C18H23N3O3. The number of fused-ring (bicyclic) bond motifs is 1. The average Bonchev–Trinajstić information content (AvgIpc) is 3.20. The van der Waals surface area contributed by atoms with Crippen LogP contribution in [-0.4, -0.2) is 34.3 Å². The molecule has 6 nitrogen and oxygen atoms in total. The Bertz CT molecular complexity index is 736. The van der Waals surface area contributed by atoms with Gasteiger partial charge < -0.3 is 15.2 Å². The molecule has 3 heterocycles.